The lowest BCUT2D eigenvalue weighted by Gasteiger charge is -2.27. The van der Waals surface area contributed by atoms with Crippen LogP contribution < -0.4 is 5.32 Å². The molecule has 0 saturated carbocycles. The summed E-state index contributed by atoms with van der Waals surface area (Å²) in [5.41, 5.74) is 0. The smallest absolute Gasteiger partial charge is 0.0474 e. The Morgan fingerprint density at radius 1 is 1.36 bits per heavy atom. The SMILES string of the molecule is COCCCN1CC(C)CNCC1C. The number of ether oxygens (including phenoxy) is 1. The van der Waals surface area contributed by atoms with Crippen molar-refractivity contribution in [2.45, 2.75) is 26.3 Å². The van der Waals surface area contributed by atoms with Crippen LogP contribution in [0.25, 0.3) is 0 Å². The molecule has 1 fully saturated rings. The second-order valence-corrected chi connectivity index (χ2v) is 4.45. The summed E-state index contributed by atoms with van der Waals surface area (Å²) >= 11 is 0. The molecule has 1 heterocycles. The molecule has 3 heteroatoms. The largest absolute Gasteiger partial charge is 0.385 e. The van der Waals surface area contributed by atoms with Gasteiger partial charge in [0.15, 0.2) is 0 Å². The maximum absolute atomic E-state index is 5.08. The van der Waals surface area contributed by atoms with E-state index in [2.05, 4.69) is 24.1 Å². The van der Waals surface area contributed by atoms with Crippen LogP contribution in [0.15, 0.2) is 0 Å². The van der Waals surface area contributed by atoms with Gasteiger partial charge in [-0.25, -0.2) is 0 Å². The van der Waals surface area contributed by atoms with E-state index in [0.717, 1.165) is 32.0 Å². The van der Waals surface area contributed by atoms with Gasteiger partial charge in [-0.05, 0) is 25.8 Å². The number of nitrogens with zero attached hydrogens (tertiary/aromatic N) is 1. The Balaban J connectivity index is 2.30. The van der Waals surface area contributed by atoms with E-state index >= 15 is 0 Å². The van der Waals surface area contributed by atoms with Gasteiger partial charge in [0.25, 0.3) is 0 Å². The zero-order chi connectivity index (χ0) is 10.4. The molecule has 1 aliphatic rings. The van der Waals surface area contributed by atoms with Gasteiger partial charge in [0.05, 0.1) is 0 Å². The molecule has 0 amide bonds. The molecule has 0 aromatic heterocycles. The van der Waals surface area contributed by atoms with Gasteiger partial charge in [0.2, 0.25) is 0 Å². The van der Waals surface area contributed by atoms with Crippen molar-refractivity contribution in [3.63, 3.8) is 0 Å². The molecule has 1 rings (SSSR count). The average Bonchev–Trinajstić information content (AvgIpc) is 2.30. The first-order valence-corrected chi connectivity index (χ1v) is 5.67. The van der Waals surface area contributed by atoms with Crippen molar-refractivity contribution >= 4 is 0 Å². The predicted molar refractivity (Wildman–Crippen MR) is 59.6 cm³/mol. The lowest BCUT2D eigenvalue weighted by molar-refractivity contribution is 0.152. The average molecular weight is 200 g/mol. The van der Waals surface area contributed by atoms with E-state index in [4.69, 9.17) is 4.74 Å². The topological polar surface area (TPSA) is 24.5 Å². The van der Waals surface area contributed by atoms with Gasteiger partial charge >= 0.3 is 0 Å². The van der Waals surface area contributed by atoms with E-state index < -0.39 is 0 Å². The fraction of sp³-hybridized carbons (Fsp3) is 1.00. The lowest BCUT2D eigenvalue weighted by atomic mass is 10.1. The Morgan fingerprint density at radius 2 is 2.14 bits per heavy atom. The third kappa shape index (κ3) is 3.95. The lowest BCUT2D eigenvalue weighted by Crippen LogP contribution is -2.38. The molecule has 1 aliphatic heterocycles. The normalized spacial score (nSPS) is 30.2. The van der Waals surface area contributed by atoms with Crippen LogP contribution >= 0.6 is 0 Å². The monoisotopic (exact) mass is 200 g/mol. The molecular formula is C11H24N2O. The Morgan fingerprint density at radius 3 is 2.86 bits per heavy atom. The summed E-state index contributed by atoms with van der Waals surface area (Å²) in [6.45, 7) is 10.2. The quantitative estimate of drug-likeness (QED) is 0.684. The predicted octanol–water partition coefficient (Wildman–Crippen LogP) is 0.953. The third-order valence-corrected chi connectivity index (χ3v) is 2.90. The summed E-state index contributed by atoms with van der Waals surface area (Å²) in [4.78, 5) is 2.57. The molecule has 2 atom stereocenters. The molecule has 0 aromatic carbocycles. The number of hydrogen-bond acceptors (Lipinski definition) is 3. The van der Waals surface area contributed by atoms with Gasteiger partial charge in [-0.2, -0.15) is 0 Å². The van der Waals surface area contributed by atoms with Gasteiger partial charge in [0, 0.05) is 39.4 Å². The Bertz CT molecular complexity index is 152. The molecule has 0 aromatic rings. The van der Waals surface area contributed by atoms with Crippen LogP contribution in [0, 0.1) is 5.92 Å². The van der Waals surface area contributed by atoms with Gasteiger partial charge < -0.3 is 10.1 Å². The molecule has 1 N–H and O–H groups in total. The Kier molecular flexibility index (Phi) is 5.45. The van der Waals surface area contributed by atoms with Crippen LogP contribution in [0.3, 0.4) is 0 Å². The highest BCUT2D eigenvalue weighted by atomic mass is 16.5. The maximum Gasteiger partial charge on any atom is 0.0474 e. The summed E-state index contributed by atoms with van der Waals surface area (Å²) in [7, 11) is 1.77. The van der Waals surface area contributed by atoms with Crippen LogP contribution in [0.2, 0.25) is 0 Å². The molecule has 14 heavy (non-hydrogen) atoms. The minimum Gasteiger partial charge on any atom is -0.385 e. The molecule has 0 spiro atoms. The first-order chi connectivity index (χ1) is 6.74. The number of hydrogen-bond donors (Lipinski definition) is 1. The second kappa shape index (κ2) is 6.38. The Labute approximate surface area is 87.8 Å². The molecule has 2 unspecified atom stereocenters. The third-order valence-electron chi connectivity index (χ3n) is 2.90. The van der Waals surface area contributed by atoms with Crippen molar-refractivity contribution in [3.8, 4) is 0 Å². The first-order valence-electron chi connectivity index (χ1n) is 5.67. The summed E-state index contributed by atoms with van der Waals surface area (Å²) < 4.78 is 5.08. The van der Waals surface area contributed by atoms with Crippen molar-refractivity contribution in [1.82, 2.24) is 10.2 Å². The van der Waals surface area contributed by atoms with E-state index in [-0.39, 0.29) is 0 Å². The van der Waals surface area contributed by atoms with E-state index in [1.165, 1.54) is 13.1 Å². The summed E-state index contributed by atoms with van der Waals surface area (Å²) in [5.74, 6) is 0.766. The molecular weight excluding hydrogens is 176 g/mol. The fourth-order valence-electron chi connectivity index (χ4n) is 2.04. The van der Waals surface area contributed by atoms with Gasteiger partial charge in [-0.15, -0.1) is 0 Å². The Hall–Kier alpha value is -0.120. The van der Waals surface area contributed by atoms with Crippen LogP contribution in [0.4, 0.5) is 0 Å². The van der Waals surface area contributed by atoms with Gasteiger partial charge in [-0.1, -0.05) is 6.92 Å². The minimum absolute atomic E-state index is 0.664. The van der Waals surface area contributed by atoms with Crippen molar-refractivity contribution in [2.24, 2.45) is 5.92 Å². The van der Waals surface area contributed by atoms with Crippen LogP contribution in [0.5, 0.6) is 0 Å². The standard InChI is InChI=1S/C11H24N2O/c1-10-7-12-8-11(2)13(9-10)5-4-6-14-3/h10-12H,4-9H2,1-3H3. The van der Waals surface area contributed by atoms with E-state index in [1.54, 1.807) is 7.11 Å². The zero-order valence-electron chi connectivity index (χ0n) is 9.75. The summed E-state index contributed by atoms with van der Waals surface area (Å²) in [5, 5.41) is 3.49. The zero-order valence-corrected chi connectivity index (χ0v) is 9.75. The highest BCUT2D eigenvalue weighted by Crippen LogP contribution is 2.08. The minimum atomic E-state index is 0.664. The van der Waals surface area contributed by atoms with Crippen molar-refractivity contribution in [2.75, 3.05) is 39.9 Å². The van der Waals surface area contributed by atoms with Crippen molar-refractivity contribution in [1.29, 1.82) is 0 Å². The van der Waals surface area contributed by atoms with E-state index in [1.807, 2.05) is 0 Å². The number of rotatable bonds is 4. The maximum atomic E-state index is 5.08. The summed E-state index contributed by atoms with van der Waals surface area (Å²) in [6.07, 6.45) is 1.15. The highest BCUT2D eigenvalue weighted by Gasteiger charge is 2.19. The van der Waals surface area contributed by atoms with Crippen LogP contribution in [-0.4, -0.2) is 50.8 Å². The second-order valence-electron chi connectivity index (χ2n) is 4.45. The molecule has 0 bridgehead atoms. The number of methoxy groups -OCH3 is 1. The van der Waals surface area contributed by atoms with Crippen LogP contribution in [-0.2, 0) is 4.74 Å². The van der Waals surface area contributed by atoms with E-state index in [0.29, 0.717) is 6.04 Å². The first kappa shape index (κ1) is 12.0. The molecule has 0 aliphatic carbocycles. The van der Waals surface area contributed by atoms with Crippen molar-refractivity contribution in [3.05, 3.63) is 0 Å². The van der Waals surface area contributed by atoms with Gasteiger partial charge in [-0.3, -0.25) is 4.90 Å². The molecule has 0 radical (unpaired) electrons. The van der Waals surface area contributed by atoms with Gasteiger partial charge in [0.1, 0.15) is 0 Å². The highest BCUT2D eigenvalue weighted by molar-refractivity contribution is 4.77. The fourth-order valence-corrected chi connectivity index (χ4v) is 2.04. The van der Waals surface area contributed by atoms with Crippen molar-refractivity contribution < 1.29 is 4.74 Å². The number of nitrogens with one attached hydrogen (secondary N) is 1. The molecule has 1 saturated heterocycles. The molecule has 84 valence electrons. The van der Waals surface area contributed by atoms with Crippen LogP contribution in [0.1, 0.15) is 20.3 Å². The summed E-state index contributed by atoms with van der Waals surface area (Å²) in [6, 6.07) is 0.664. The van der Waals surface area contributed by atoms with E-state index in [9.17, 15) is 0 Å². The molecule has 3 nitrogen and oxygen atoms in total.